The lowest BCUT2D eigenvalue weighted by Gasteiger charge is -2.18. The minimum Gasteiger partial charge on any atom is -0.309 e. The highest BCUT2D eigenvalue weighted by Crippen LogP contribution is 2.17. The van der Waals surface area contributed by atoms with E-state index in [4.69, 9.17) is 5.26 Å². The molecule has 1 rings (SSSR count). The Morgan fingerprint density at radius 1 is 1.24 bits per heavy atom. The van der Waals surface area contributed by atoms with Crippen molar-refractivity contribution in [2.24, 2.45) is 5.92 Å². The van der Waals surface area contributed by atoms with Crippen LogP contribution in [0.2, 0.25) is 0 Å². The molecule has 1 aromatic rings. The monoisotopic (exact) mass is 230 g/mol. The molecule has 0 aromatic heterocycles. The second kappa shape index (κ2) is 7.09. The molecule has 0 aliphatic heterocycles. The predicted molar refractivity (Wildman–Crippen MR) is 71.6 cm³/mol. The highest BCUT2D eigenvalue weighted by molar-refractivity contribution is 5.25. The normalized spacial score (nSPS) is 14.0. The average molecular weight is 230 g/mol. The number of hydrogen-bond acceptors (Lipinski definition) is 2. The fraction of sp³-hybridized carbons (Fsp3) is 0.533. The van der Waals surface area contributed by atoms with E-state index in [2.05, 4.69) is 49.5 Å². The van der Waals surface area contributed by atoms with Crippen molar-refractivity contribution in [2.75, 3.05) is 6.54 Å². The van der Waals surface area contributed by atoms with Crippen molar-refractivity contribution in [1.82, 2.24) is 5.32 Å². The minimum atomic E-state index is 0.0685. The first kappa shape index (κ1) is 13.7. The number of rotatable bonds is 6. The Balaban J connectivity index is 2.63. The quantitative estimate of drug-likeness (QED) is 0.812. The summed E-state index contributed by atoms with van der Waals surface area (Å²) in [4.78, 5) is 0. The average Bonchev–Trinajstić information content (AvgIpc) is 2.39. The Morgan fingerprint density at radius 2 is 1.88 bits per heavy atom. The fourth-order valence-electron chi connectivity index (χ4n) is 1.85. The molecule has 2 nitrogen and oxygen atoms in total. The number of nitrogens with one attached hydrogen (secondary N) is 1. The molecule has 0 radical (unpaired) electrons. The standard InChI is InChI=1S/C15H22N2/c1-4-13-6-8-14(9-7-13)15(5-2)17-11-12(3)10-16/h6-9,12,15,17H,4-5,11H2,1-3H3. The summed E-state index contributed by atoms with van der Waals surface area (Å²) in [5.74, 6) is 0.0685. The van der Waals surface area contributed by atoms with Gasteiger partial charge in [0, 0.05) is 12.6 Å². The molecule has 0 spiro atoms. The van der Waals surface area contributed by atoms with Crippen LogP contribution in [-0.2, 0) is 6.42 Å². The van der Waals surface area contributed by atoms with E-state index in [9.17, 15) is 0 Å². The van der Waals surface area contributed by atoms with Gasteiger partial charge in [-0.25, -0.2) is 0 Å². The smallest absolute Gasteiger partial charge is 0.0666 e. The number of aryl methyl sites for hydroxylation is 1. The van der Waals surface area contributed by atoms with Crippen LogP contribution in [0.5, 0.6) is 0 Å². The van der Waals surface area contributed by atoms with Crippen molar-refractivity contribution in [3.05, 3.63) is 35.4 Å². The molecule has 1 aromatic carbocycles. The van der Waals surface area contributed by atoms with Crippen LogP contribution < -0.4 is 5.32 Å². The van der Waals surface area contributed by atoms with Gasteiger partial charge in [-0.3, -0.25) is 0 Å². The first-order valence-corrected chi connectivity index (χ1v) is 6.43. The largest absolute Gasteiger partial charge is 0.309 e. The second-order valence-electron chi connectivity index (χ2n) is 4.49. The summed E-state index contributed by atoms with van der Waals surface area (Å²) in [6.07, 6.45) is 2.12. The summed E-state index contributed by atoms with van der Waals surface area (Å²) in [6, 6.07) is 11.4. The lowest BCUT2D eigenvalue weighted by atomic mass is 10.0. The third kappa shape index (κ3) is 4.20. The van der Waals surface area contributed by atoms with Crippen molar-refractivity contribution < 1.29 is 0 Å². The van der Waals surface area contributed by atoms with Crippen LogP contribution >= 0.6 is 0 Å². The summed E-state index contributed by atoms with van der Waals surface area (Å²) in [7, 11) is 0. The minimum absolute atomic E-state index is 0.0685. The second-order valence-corrected chi connectivity index (χ2v) is 4.49. The maximum Gasteiger partial charge on any atom is 0.0666 e. The van der Waals surface area contributed by atoms with Crippen molar-refractivity contribution >= 4 is 0 Å². The molecule has 0 heterocycles. The zero-order valence-electron chi connectivity index (χ0n) is 11.0. The van der Waals surface area contributed by atoms with E-state index in [1.165, 1.54) is 11.1 Å². The molecule has 2 heteroatoms. The number of hydrogen-bond donors (Lipinski definition) is 1. The molecular weight excluding hydrogens is 208 g/mol. The predicted octanol–water partition coefficient (Wildman–Crippen LogP) is 3.45. The van der Waals surface area contributed by atoms with Crippen LogP contribution in [-0.4, -0.2) is 6.54 Å². The van der Waals surface area contributed by atoms with Gasteiger partial charge >= 0.3 is 0 Å². The van der Waals surface area contributed by atoms with E-state index in [1.54, 1.807) is 0 Å². The number of nitrogens with zero attached hydrogens (tertiary/aromatic N) is 1. The van der Waals surface area contributed by atoms with E-state index < -0.39 is 0 Å². The highest BCUT2D eigenvalue weighted by Gasteiger charge is 2.09. The lowest BCUT2D eigenvalue weighted by molar-refractivity contribution is 0.488. The van der Waals surface area contributed by atoms with Crippen LogP contribution in [0.15, 0.2) is 24.3 Å². The topological polar surface area (TPSA) is 35.8 Å². The van der Waals surface area contributed by atoms with Gasteiger partial charge in [-0.2, -0.15) is 5.26 Å². The van der Waals surface area contributed by atoms with Gasteiger partial charge in [0.25, 0.3) is 0 Å². The van der Waals surface area contributed by atoms with Gasteiger partial charge in [-0.15, -0.1) is 0 Å². The molecule has 0 bridgehead atoms. The third-order valence-electron chi connectivity index (χ3n) is 3.09. The maximum atomic E-state index is 8.77. The van der Waals surface area contributed by atoms with E-state index in [1.807, 2.05) is 6.92 Å². The zero-order chi connectivity index (χ0) is 12.7. The van der Waals surface area contributed by atoms with E-state index in [0.717, 1.165) is 19.4 Å². The third-order valence-corrected chi connectivity index (χ3v) is 3.09. The summed E-state index contributed by atoms with van der Waals surface area (Å²) in [5.41, 5.74) is 2.68. The Hall–Kier alpha value is -1.33. The molecule has 2 unspecified atom stereocenters. The van der Waals surface area contributed by atoms with Gasteiger partial charge in [0.1, 0.15) is 0 Å². The number of nitriles is 1. The molecule has 0 aliphatic carbocycles. The molecule has 1 N–H and O–H groups in total. The summed E-state index contributed by atoms with van der Waals surface area (Å²) in [6.45, 7) is 7.03. The molecule has 2 atom stereocenters. The highest BCUT2D eigenvalue weighted by atomic mass is 14.9. The Kier molecular flexibility index (Phi) is 5.72. The fourth-order valence-corrected chi connectivity index (χ4v) is 1.85. The zero-order valence-corrected chi connectivity index (χ0v) is 11.0. The summed E-state index contributed by atoms with van der Waals surface area (Å²) in [5, 5.41) is 12.2. The maximum absolute atomic E-state index is 8.77. The van der Waals surface area contributed by atoms with Crippen LogP contribution in [0.4, 0.5) is 0 Å². The van der Waals surface area contributed by atoms with E-state index in [0.29, 0.717) is 6.04 Å². The van der Waals surface area contributed by atoms with Crippen LogP contribution in [0.25, 0.3) is 0 Å². The summed E-state index contributed by atoms with van der Waals surface area (Å²) >= 11 is 0. The van der Waals surface area contributed by atoms with E-state index in [-0.39, 0.29) is 5.92 Å². The first-order valence-electron chi connectivity index (χ1n) is 6.43. The molecular formula is C15H22N2. The molecule has 0 aliphatic rings. The van der Waals surface area contributed by atoms with Crippen molar-refractivity contribution in [2.45, 2.75) is 39.7 Å². The van der Waals surface area contributed by atoms with Crippen LogP contribution in [0.1, 0.15) is 44.4 Å². The van der Waals surface area contributed by atoms with Gasteiger partial charge in [0.2, 0.25) is 0 Å². The lowest BCUT2D eigenvalue weighted by Crippen LogP contribution is -2.25. The molecule has 0 fully saturated rings. The molecule has 0 saturated carbocycles. The van der Waals surface area contributed by atoms with Crippen LogP contribution in [0, 0.1) is 17.2 Å². The molecule has 0 saturated heterocycles. The van der Waals surface area contributed by atoms with Gasteiger partial charge in [0.05, 0.1) is 12.0 Å². The summed E-state index contributed by atoms with van der Waals surface area (Å²) < 4.78 is 0. The van der Waals surface area contributed by atoms with Crippen molar-refractivity contribution in [1.29, 1.82) is 5.26 Å². The van der Waals surface area contributed by atoms with Gasteiger partial charge < -0.3 is 5.32 Å². The first-order chi connectivity index (χ1) is 8.21. The molecule has 0 amide bonds. The van der Waals surface area contributed by atoms with Crippen molar-refractivity contribution in [3.8, 4) is 6.07 Å². The number of benzene rings is 1. The Labute approximate surface area is 105 Å². The van der Waals surface area contributed by atoms with Gasteiger partial charge in [-0.1, -0.05) is 38.1 Å². The Morgan fingerprint density at radius 3 is 2.35 bits per heavy atom. The van der Waals surface area contributed by atoms with Crippen molar-refractivity contribution in [3.63, 3.8) is 0 Å². The van der Waals surface area contributed by atoms with Gasteiger partial charge in [0.15, 0.2) is 0 Å². The molecule has 92 valence electrons. The molecule has 17 heavy (non-hydrogen) atoms. The SMILES string of the molecule is CCc1ccc(C(CC)NCC(C)C#N)cc1. The Bertz CT molecular complexity index is 362. The van der Waals surface area contributed by atoms with Crippen LogP contribution in [0.3, 0.4) is 0 Å². The van der Waals surface area contributed by atoms with Gasteiger partial charge in [-0.05, 0) is 30.9 Å². The van der Waals surface area contributed by atoms with E-state index >= 15 is 0 Å².